The zero-order chi connectivity index (χ0) is 23.1. The molecule has 1 aliphatic rings. The smallest absolute Gasteiger partial charge is 0.301 e. The molecule has 0 saturated carbocycles. The van der Waals surface area contributed by atoms with E-state index in [9.17, 15) is 19.1 Å². The molecule has 1 unspecified atom stereocenters. The maximum atomic E-state index is 13.4. The van der Waals surface area contributed by atoms with Gasteiger partial charge in [0.25, 0.3) is 5.78 Å². The molecule has 2 aromatic heterocycles. The normalized spacial score (nSPS) is 17.8. The van der Waals surface area contributed by atoms with E-state index in [2.05, 4.69) is 4.98 Å². The number of ketones is 1. The van der Waals surface area contributed by atoms with Crippen molar-refractivity contribution in [2.75, 3.05) is 11.5 Å². The minimum atomic E-state index is -0.845. The van der Waals surface area contributed by atoms with Crippen molar-refractivity contribution in [2.24, 2.45) is 0 Å². The third-order valence-corrected chi connectivity index (χ3v) is 7.18. The molecular weight excluding hydrogens is 463 g/mol. The molecule has 0 spiro atoms. The molecule has 1 saturated heterocycles. The van der Waals surface area contributed by atoms with Crippen LogP contribution >= 0.6 is 22.7 Å². The number of hydrogen-bond donors (Lipinski definition) is 1. The Morgan fingerprint density at radius 2 is 1.97 bits per heavy atom. The molecule has 5 rings (SSSR count). The van der Waals surface area contributed by atoms with Crippen LogP contribution in [0.3, 0.4) is 0 Å². The second-order valence-corrected chi connectivity index (χ2v) is 9.24. The zero-order valence-electron chi connectivity index (χ0n) is 17.3. The van der Waals surface area contributed by atoms with Gasteiger partial charge >= 0.3 is 5.91 Å². The summed E-state index contributed by atoms with van der Waals surface area (Å²) >= 11 is 2.63. The third-order valence-electron chi connectivity index (χ3n) is 5.24. The van der Waals surface area contributed by atoms with Gasteiger partial charge in [0.1, 0.15) is 23.4 Å². The number of Topliss-reactive ketones (excluding diaryl/α,β-unsaturated/α-hetero) is 1. The Morgan fingerprint density at radius 1 is 1.18 bits per heavy atom. The van der Waals surface area contributed by atoms with Crippen LogP contribution in [0.15, 0.2) is 65.6 Å². The molecule has 33 heavy (non-hydrogen) atoms. The summed E-state index contributed by atoms with van der Waals surface area (Å²) in [4.78, 5) is 32.9. The van der Waals surface area contributed by atoms with Gasteiger partial charge in [-0.3, -0.25) is 14.5 Å². The average Bonchev–Trinajstić information content (AvgIpc) is 3.53. The van der Waals surface area contributed by atoms with E-state index >= 15 is 0 Å². The molecule has 0 bridgehead atoms. The molecule has 2 aromatic carbocycles. The minimum absolute atomic E-state index is 0.0525. The van der Waals surface area contributed by atoms with Gasteiger partial charge in [-0.2, -0.15) is 0 Å². The standard InChI is InChI=1S/C24H17FN2O4S2/c1-2-31-15-9-10-16-18(12-15)33-24(26-16)27-20(17-4-3-11-32-17)19(22(29)23(27)30)21(28)13-5-7-14(25)8-6-13/h3-12,20,28H,2H2,1H3. The molecule has 1 aliphatic heterocycles. The molecule has 166 valence electrons. The fourth-order valence-corrected chi connectivity index (χ4v) is 5.61. The van der Waals surface area contributed by atoms with Crippen molar-refractivity contribution in [1.29, 1.82) is 0 Å². The highest BCUT2D eigenvalue weighted by Crippen LogP contribution is 2.45. The first-order chi connectivity index (χ1) is 16.0. The summed E-state index contributed by atoms with van der Waals surface area (Å²) in [6.45, 7) is 2.41. The number of carbonyl (C=O) groups is 2. The Hall–Kier alpha value is -3.56. The maximum Gasteiger partial charge on any atom is 0.301 e. The number of hydrogen-bond acceptors (Lipinski definition) is 7. The van der Waals surface area contributed by atoms with Crippen molar-refractivity contribution in [3.63, 3.8) is 0 Å². The highest BCUT2D eigenvalue weighted by molar-refractivity contribution is 7.22. The fraction of sp³-hybridized carbons (Fsp3) is 0.125. The molecule has 9 heteroatoms. The number of aromatic nitrogens is 1. The van der Waals surface area contributed by atoms with E-state index in [1.54, 1.807) is 18.2 Å². The lowest BCUT2D eigenvalue weighted by atomic mass is 10.00. The number of anilines is 1. The van der Waals surface area contributed by atoms with Crippen LogP contribution in [-0.2, 0) is 9.59 Å². The van der Waals surface area contributed by atoms with Crippen LogP contribution in [0.1, 0.15) is 23.4 Å². The molecule has 1 atom stereocenters. The van der Waals surface area contributed by atoms with Crippen molar-refractivity contribution in [3.05, 3.63) is 81.8 Å². The molecule has 3 heterocycles. The summed E-state index contributed by atoms with van der Waals surface area (Å²) in [5.41, 5.74) is 0.869. The first kappa shape index (κ1) is 21.3. The minimum Gasteiger partial charge on any atom is -0.507 e. The molecule has 4 aromatic rings. The number of fused-ring (bicyclic) bond motifs is 1. The molecule has 1 amide bonds. The van der Waals surface area contributed by atoms with Gasteiger partial charge in [-0.05, 0) is 60.8 Å². The lowest BCUT2D eigenvalue weighted by molar-refractivity contribution is -0.132. The predicted molar refractivity (Wildman–Crippen MR) is 126 cm³/mol. The summed E-state index contributed by atoms with van der Waals surface area (Å²) in [5, 5.41) is 13.2. The SMILES string of the molecule is CCOc1ccc2nc(N3C(=O)C(=O)C(=C(O)c4ccc(F)cc4)C3c3cccs3)sc2c1. The van der Waals surface area contributed by atoms with Crippen LogP contribution in [0.2, 0.25) is 0 Å². The molecule has 1 fully saturated rings. The van der Waals surface area contributed by atoms with E-state index in [1.807, 2.05) is 24.4 Å². The van der Waals surface area contributed by atoms with Crippen LogP contribution in [0, 0.1) is 5.82 Å². The zero-order valence-corrected chi connectivity index (χ0v) is 19.0. The molecule has 1 N–H and O–H groups in total. The number of thiophene rings is 1. The van der Waals surface area contributed by atoms with Gasteiger partial charge in [-0.1, -0.05) is 17.4 Å². The van der Waals surface area contributed by atoms with Crippen molar-refractivity contribution in [2.45, 2.75) is 13.0 Å². The number of rotatable bonds is 5. The van der Waals surface area contributed by atoms with Crippen molar-refractivity contribution in [3.8, 4) is 5.75 Å². The molecule has 6 nitrogen and oxygen atoms in total. The van der Waals surface area contributed by atoms with E-state index in [1.165, 1.54) is 51.8 Å². The molecular formula is C24H17FN2O4S2. The van der Waals surface area contributed by atoms with Gasteiger partial charge in [0.05, 0.1) is 22.4 Å². The first-order valence-electron chi connectivity index (χ1n) is 10.1. The topological polar surface area (TPSA) is 79.7 Å². The molecule has 0 radical (unpaired) electrons. The second-order valence-electron chi connectivity index (χ2n) is 7.25. The van der Waals surface area contributed by atoms with Crippen LogP contribution < -0.4 is 9.64 Å². The molecule has 0 aliphatic carbocycles. The summed E-state index contributed by atoms with van der Waals surface area (Å²) in [7, 11) is 0. The van der Waals surface area contributed by atoms with Crippen molar-refractivity contribution < 1.29 is 23.8 Å². The van der Waals surface area contributed by atoms with Gasteiger partial charge in [-0.25, -0.2) is 9.37 Å². The Labute approximate surface area is 196 Å². The fourth-order valence-electron chi connectivity index (χ4n) is 3.76. The van der Waals surface area contributed by atoms with Gasteiger partial charge in [0.2, 0.25) is 0 Å². The third kappa shape index (κ3) is 3.69. The van der Waals surface area contributed by atoms with Crippen LogP contribution in [-0.4, -0.2) is 28.4 Å². The monoisotopic (exact) mass is 480 g/mol. The number of aliphatic hydroxyl groups is 1. The Kier molecular flexibility index (Phi) is 5.43. The lowest BCUT2D eigenvalue weighted by Crippen LogP contribution is -2.28. The van der Waals surface area contributed by atoms with Crippen molar-refractivity contribution in [1.82, 2.24) is 4.98 Å². The van der Waals surface area contributed by atoms with E-state index in [4.69, 9.17) is 4.74 Å². The highest BCUT2D eigenvalue weighted by atomic mass is 32.1. The number of amides is 1. The maximum absolute atomic E-state index is 13.4. The van der Waals surface area contributed by atoms with Gasteiger partial charge in [0.15, 0.2) is 5.13 Å². The predicted octanol–water partition coefficient (Wildman–Crippen LogP) is 5.52. The van der Waals surface area contributed by atoms with Crippen LogP contribution in [0.4, 0.5) is 9.52 Å². The van der Waals surface area contributed by atoms with Gasteiger partial charge in [0, 0.05) is 10.4 Å². The average molecular weight is 481 g/mol. The van der Waals surface area contributed by atoms with Crippen LogP contribution in [0.5, 0.6) is 5.75 Å². The largest absolute Gasteiger partial charge is 0.507 e. The lowest BCUT2D eigenvalue weighted by Gasteiger charge is -2.21. The number of aliphatic hydroxyl groups excluding tert-OH is 1. The summed E-state index contributed by atoms with van der Waals surface area (Å²) in [6, 6.07) is 13.3. The highest BCUT2D eigenvalue weighted by Gasteiger charge is 2.48. The van der Waals surface area contributed by atoms with E-state index in [-0.39, 0.29) is 16.9 Å². The summed E-state index contributed by atoms with van der Waals surface area (Å²) < 4.78 is 19.7. The van der Waals surface area contributed by atoms with E-state index < -0.39 is 23.5 Å². The first-order valence-corrected chi connectivity index (χ1v) is 11.8. The van der Waals surface area contributed by atoms with Crippen molar-refractivity contribution >= 4 is 55.5 Å². The van der Waals surface area contributed by atoms with E-state index in [0.29, 0.717) is 27.9 Å². The number of halogens is 1. The Morgan fingerprint density at radius 3 is 2.67 bits per heavy atom. The number of thiazole rings is 1. The Bertz CT molecular complexity index is 1390. The van der Waals surface area contributed by atoms with E-state index in [0.717, 1.165) is 4.70 Å². The Balaban J connectivity index is 1.66. The van der Waals surface area contributed by atoms with Gasteiger partial charge < -0.3 is 9.84 Å². The number of carbonyl (C=O) groups excluding carboxylic acids is 2. The van der Waals surface area contributed by atoms with Crippen LogP contribution in [0.25, 0.3) is 16.0 Å². The number of benzene rings is 2. The summed E-state index contributed by atoms with van der Waals surface area (Å²) in [6.07, 6.45) is 0. The number of ether oxygens (including phenoxy) is 1. The van der Waals surface area contributed by atoms with Gasteiger partial charge in [-0.15, -0.1) is 11.3 Å². The quantitative estimate of drug-likeness (QED) is 0.231. The number of nitrogens with zero attached hydrogens (tertiary/aromatic N) is 2. The summed E-state index contributed by atoms with van der Waals surface area (Å²) in [5.74, 6) is -1.73. The second kappa shape index (κ2) is 8.42.